The molecule has 1 unspecified atom stereocenters. The van der Waals surface area contributed by atoms with Crippen LogP contribution in [0.4, 0.5) is 0 Å². The van der Waals surface area contributed by atoms with E-state index in [1.54, 1.807) is 0 Å². The van der Waals surface area contributed by atoms with Gasteiger partial charge in [-0.2, -0.15) is 0 Å². The summed E-state index contributed by atoms with van der Waals surface area (Å²) in [7, 11) is 0. The smallest absolute Gasteiger partial charge is 0.258 e. The lowest BCUT2D eigenvalue weighted by molar-refractivity contribution is -0.123. The van der Waals surface area contributed by atoms with Crippen LogP contribution in [0.2, 0.25) is 0 Å². The van der Waals surface area contributed by atoms with Gasteiger partial charge in [-0.15, -0.1) is 12.4 Å². The van der Waals surface area contributed by atoms with E-state index < -0.39 is 0 Å². The van der Waals surface area contributed by atoms with Crippen LogP contribution in [0.5, 0.6) is 5.75 Å². The lowest BCUT2D eigenvalue weighted by Gasteiger charge is -2.23. The number of benzene rings is 1. The van der Waals surface area contributed by atoms with Crippen LogP contribution in [0.1, 0.15) is 12.8 Å². The molecule has 1 aliphatic heterocycles. The number of rotatable bonds is 4. The fourth-order valence-electron chi connectivity index (χ4n) is 1.92. The van der Waals surface area contributed by atoms with Gasteiger partial charge in [0.1, 0.15) is 5.75 Å². The number of piperidine rings is 1. The number of amides is 1. The molecule has 0 radical (unpaired) electrons. The molecule has 0 bridgehead atoms. The molecule has 0 spiro atoms. The van der Waals surface area contributed by atoms with Crippen LogP contribution in [-0.2, 0) is 4.79 Å². The van der Waals surface area contributed by atoms with Crippen molar-refractivity contribution in [2.24, 2.45) is 0 Å². The van der Waals surface area contributed by atoms with Gasteiger partial charge in [-0.25, -0.2) is 0 Å². The fourth-order valence-corrected chi connectivity index (χ4v) is 2.28. The van der Waals surface area contributed by atoms with Gasteiger partial charge >= 0.3 is 0 Å². The maximum absolute atomic E-state index is 11.7. The van der Waals surface area contributed by atoms with Crippen LogP contribution in [0.25, 0.3) is 0 Å². The second-order valence-corrected chi connectivity index (χ2v) is 5.60. The first-order valence-electron chi connectivity index (χ1n) is 6.12. The van der Waals surface area contributed by atoms with Crippen molar-refractivity contribution in [1.82, 2.24) is 10.6 Å². The third-order valence-corrected chi connectivity index (χ3v) is 3.56. The van der Waals surface area contributed by atoms with E-state index in [1.165, 1.54) is 0 Å². The van der Waals surface area contributed by atoms with Crippen molar-refractivity contribution in [2.45, 2.75) is 18.9 Å². The Bertz CT molecular complexity index is 394. The summed E-state index contributed by atoms with van der Waals surface area (Å²) in [6.07, 6.45) is 2.16. The molecule has 1 aliphatic rings. The molecule has 2 rings (SSSR count). The van der Waals surface area contributed by atoms with Crippen LogP contribution < -0.4 is 15.4 Å². The minimum atomic E-state index is -0.0535. The summed E-state index contributed by atoms with van der Waals surface area (Å²) in [5.74, 6) is 0.676. The predicted molar refractivity (Wildman–Crippen MR) is 85.9 cm³/mol. The first kappa shape index (κ1) is 16.5. The molecule has 1 heterocycles. The second kappa shape index (κ2) is 8.60. The first-order valence-corrected chi connectivity index (χ1v) is 7.20. The topological polar surface area (TPSA) is 50.4 Å². The summed E-state index contributed by atoms with van der Waals surface area (Å²) in [5, 5.41) is 6.24. The van der Waals surface area contributed by atoms with Crippen molar-refractivity contribution in [2.75, 3.05) is 19.7 Å². The number of hydrogen-bond donors (Lipinski definition) is 2. The monoisotopic (exact) mass is 396 g/mol. The van der Waals surface area contributed by atoms with E-state index in [9.17, 15) is 4.79 Å². The van der Waals surface area contributed by atoms with E-state index in [0.29, 0.717) is 0 Å². The SMILES string of the molecule is Cl.O=C(COc1ccc(I)cc1)NC1CCCNC1. The number of carbonyl (C=O) groups is 1. The van der Waals surface area contributed by atoms with E-state index in [-0.39, 0.29) is 31.0 Å². The van der Waals surface area contributed by atoms with Crippen molar-refractivity contribution < 1.29 is 9.53 Å². The average Bonchev–Trinajstić information content (AvgIpc) is 2.39. The average molecular weight is 397 g/mol. The molecular weight excluding hydrogens is 379 g/mol. The van der Waals surface area contributed by atoms with Gasteiger partial charge in [0.25, 0.3) is 5.91 Å². The van der Waals surface area contributed by atoms with Gasteiger partial charge in [-0.05, 0) is 66.2 Å². The molecule has 1 saturated heterocycles. The Morgan fingerprint density at radius 3 is 2.79 bits per heavy atom. The quantitative estimate of drug-likeness (QED) is 0.765. The minimum absolute atomic E-state index is 0. The molecule has 4 nitrogen and oxygen atoms in total. The lowest BCUT2D eigenvalue weighted by Crippen LogP contribution is -2.46. The zero-order valence-electron chi connectivity index (χ0n) is 10.5. The van der Waals surface area contributed by atoms with Gasteiger partial charge in [-0.3, -0.25) is 4.79 Å². The number of carbonyl (C=O) groups excluding carboxylic acids is 1. The van der Waals surface area contributed by atoms with Crippen molar-refractivity contribution >= 4 is 40.9 Å². The Morgan fingerprint density at radius 1 is 1.42 bits per heavy atom. The predicted octanol–water partition coefficient (Wildman–Crippen LogP) is 1.96. The van der Waals surface area contributed by atoms with Crippen LogP contribution in [0.15, 0.2) is 24.3 Å². The summed E-state index contributed by atoms with van der Waals surface area (Å²) < 4.78 is 6.58. The van der Waals surface area contributed by atoms with E-state index in [2.05, 4.69) is 33.2 Å². The summed E-state index contributed by atoms with van der Waals surface area (Å²) in [6, 6.07) is 7.90. The molecule has 0 aromatic heterocycles. The van der Waals surface area contributed by atoms with Crippen LogP contribution in [-0.4, -0.2) is 31.6 Å². The van der Waals surface area contributed by atoms with Crippen molar-refractivity contribution in [3.8, 4) is 5.75 Å². The highest BCUT2D eigenvalue weighted by atomic mass is 127. The number of ether oxygens (including phenoxy) is 1. The molecule has 1 fully saturated rings. The molecule has 1 atom stereocenters. The number of halogens is 2. The minimum Gasteiger partial charge on any atom is -0.484 e. The summed E-state index contributed by atoms with van der Waals surface area (Å²) in [4.78, 5) is 11.7. The highest BCUT2D eigenvalue weighted by molar-refractivity contribution is 14.1. The zero-order valence-corrected chi connectivity index (χ0v) is 13.5. The highest BCUT2D eigenvalue weighted by Crippen LogP contribution is 2.13. The second-order valence-electron chi connectivity index (χ2n) is 4.35. The highest BCUT2D eigenvalue weighted by Gasteiger charge is 2.15. The van der Waals surface area contributed by atoms with Gasteiger partial charge in [0.2, 0.25) is 0 Å². The molecule has 6 heteroatoms. The molecule has 106 valence electrons. The van der Waals surface area contributed by atoms with Crippen molar-refractivity contribution in [1.29, 1.82) is 0 Å². The molecule has 19 heavy (non-hydrogen) atoms. The maximum atomic E-state index is 11.7. The standard InChI is InChI=1S/C13H17IN2O2.ClH/c14-10-3-5-12(6-4-10)18-9-13(17)16-11-2-1-7-15-8-11;/h3-6,11,15H,1-2,7-9H2,(H,16,17);1H. The van der Waals surface area contributed by atoms with Gasteiger partial charge < -0.3 is 15.4 Å². The molecular formula is C13H18ClIN2O2. The Balaban J connectivity index is 0.00000180. The molecule has 1 amide bonds. The number of hydrogen-bond acceptors (Lipinski definition) is 3. The van der Waals surface area contributed by atoms with Crippen LogP contribution in [0, 0.1) is 3.57 Å². The van der Waals surface area contributed by atoms with Gasteiger partial charge in [-0.1, -0.05) is 0 Å². The first-order chi connectivity index (χ1) is 8.74. The maximum Gasteiger partial charge on any atom is 0.258 e. The molecule has 2 N–H and O–H groups in total. The normalized spacial score (nSPS) is 18.3. The van der Waals surface area contributed by atoms with Crippen molar-refractivity contribution in [3.05, 3.63) is 27.8 Å². The van der Waals surface area contributed by atoms with Crippen LogP contribution >= 0.6 is 35.0 Å². The van der Waals surface area contributed by atoms with Gasteiger partial charge in [0, 0.05) is 16.2 Å². The van der Waals surface area contributed by atoms with E-state index in [4.69, 9.17) is 4.74 Å². The Kier molecular flexibility index (Phi) is 7.48. The summed E-state index contributed by atoms with van der Waals surface area (Å²) in [5.41, 5.74) is 0. The molecule has 1 aromatic carbocycles. The zero-order chi connectivity index (χ0) is 12.8. The lowest BCUT2D eigenvalue weighted by atomic mass is 10.1. The Hall–Kier alpha value is -0.530. The molecule has 0 aliphatic carbocycles. The summed E-state index contributed by atoms with van der Waals surface area (Å²) in [6.45, 7) is 1.98. The summed E-state index contributed by atoms with van der Waals surface area (Å²) >= 11 is 2.23. The fraction of sp³-hybridized carbons (Fsp3) is 0.462. The van der Waals surface area contributed by atoms with E-state index >= 15 is 0 Å². The Labute approximate surface area is 133 Å². The third kappa shape index (κ3) is 5.97. The largest absolute Gasteiger partial charge is 0.484 e. The molecule has 1 aromatic rings. The molecule has 0 saturated carbocycles. The van der Waals surface area contributed by atoms with Crippen LogP contribution in [0.3, 0.4) is 0 Å². The van der Waals surface area contributed by atoms with Gasteiger partial charge in [0.05, 0.1) is 0 Å². The van der Waals surface area contributed by atoms with E-state index in [0.717, 1.165) is 35.3 Å². The third-order valence-electron chi connectivity index (χ3n) is 2.85. The van der Waals surface area contributed by atoms with Gasteiger partial charge in [0.15, 0.2) is 6.61 Å². The number of nitrogens with one attached hydrogen (secondary N) is 2. The van der Waals surface area contributed by atoms with E-state index in [1.807, 2.05) is 24.3 Å². The van der Waals surface area contributed by atoms with Crippen molar-refractivity contribution in [3.63, 3.8) is 0 Å². The Morgan fingerprint density at radius 2 is 2.16 bits per heavy atom.